The van der Waals surface area contributed by atoms with Gasteiger partial charge < -0.3 is 35.5 Å². The van der Waals surface area contributed by atoms with Crippen LogP contribution in [-0.4, -0.2) is 75.7 Å². The number of ether oxygens (including phenoxy) is 4. The van der Waals surface area contributed by atoms with Crippen LogP contribution in [0.3, 0.4) is 0 Å². The first-order chi connectivity index (χ1) is 18.9. The second-order valence-corrected chi connectivity index (χ2v) is 9.44. The highest BCUT2D eigenvalue weighted by molar-refractivity contribution is 6.02. The van der Waals surface area contributed by atoms with Crippen LogP contribution in [0.4, 0.5) is 0 Å². The van der Waals surface area contributed by atoms with E-state index in [4.69, 9.17) is 30.4 Å². The summed E-state index contributed by atoms with van der Waals surface area (Å²) in [5, 5.41) is 10.0. The lowest BCUT2D eigenvalue weighted by atomic mass is 9.79. The number of carbonyl (C=O) groups excluding carboxylic acids is 2. The van der Waals surface area contributed by atoms with Crippen LogP contribution >= 0.6 is 0 Å². The van der Waals surface area contributed by atoms with Gasteiger partial charge in [0.1, 0.15) is 6.61 Å². The first kappa shape index (κ1) is 30.2. The van der Waals surface area contributed by atoms with Gasteiger partial charge in [0.05, 0.1) is 32.8 Å². The summed E-state index contributed by atoms with van der Waals surface area (Å²) in [7, 11) is 0. The molecule has 0 spiro atoms. The Kier molecular flexibility index (Phi) is 11.9. The van der Waals surface area contributed by atoms with Crippen LogP contribution < -0.4 is 11.5 Å². The number of esters is 1. The Hall–Kier alpha value is -3.31. The van der Waals surface area contributed by atoms with Crippen LogP contribution in [0.2, 0.25) is 0 Å². The fraction of sp³-hybridized carbons (Fsp3) is 0.483. The number of aliphatic carboxylic acids is 1. The number of carboxylic acids is 1. The van der Waals surface area contributed by atoms with Crippen LogP contribution in [0, 0.1) is 5.41 Å². The SMILES string of the molecule is NCCCOCCOCCOCCCC(CC(N)=O)(C(=O)O)C(=O)OCC1c2ccccc2-c2ccccc21. The van der Waals surface area contributed by atoms with E-state index in [0.717, 1.165) is 28.7 Å². The maximum atomic E-state index is 13.3. The number of nitrogens with two attached hydrogens (primary N) is 2. The average Bonchev–Trinajstić information content (AvgIpc) is 3.25. The number of hydrogen-bond donors (Lipinski definition) is 3. The van der Waals surface area contributed by atoms with E-state index in [-0.39, 0.29) is 32.0 Å². The standard InChI is InChI=1S/C29H38N2O8/c30-12-6-14-37-16-18-38-17-15-36-13-5-11-29(27(33)34,19-26(31)32)28(35)39-20-25-23-9-3-1-7-21(23)22-8-2-4-10-24(22)25/h1-4,7-10,25H,5-6,11-20,30H2,(H2,31,32)(H,33,34). The van der Waals surface area contributed by atoms with Crippen LogP contribution in [0.1, 0.15) is 42.7 Å². The van der Waals surface area contributed by atoms with Gasteiger partial charge in [-0.1, -0.05) is 48.5 Å². The van der Waals surface area contributed by atoms with E-state index < -0.39 is 29.7 Å². The first-order valence-corrected chi connectivity index (χ1v) is 13.2. The Morgan fingerprint density at radius 3 is 1.82 bits per heavy atom. The maximum Gasteiger partial charge on any atom is 0.324 e. The van der Waals surface area contributed by atoms with Crippen molar-refractivity contribution < 1.29 is 38.4 Å². The van der Waals surface area contributed by atoms with Crippen LogP contribution in [0.5, 0.6) is 0 Å². The summed E-state index contributed by atoms with van der Waals surface area (Å²) in [5.41, 5.74) is 12.8. The van der Waals surface area contributed by atoms with Crippen molar-refractivity contribution in [2.24, 2.45) is 16.9 Å². The zero-order valence-corrected chi connectivity index (χ0v) is 22.1. The molecule has 0 heterocycles. The van der Waals surface area contributed by atoms with Crippen molar-refractivity contribution in [1.29, 1.82) is 0 Å². The van der Waals surface area contributed by atoms with Gasteiger partial charge in [-0.25, -0.2) is 0 Å². The van der Waals surface area contributed by atoms with E-state index >= 15 is 0 Å². The highest BCUT2D eigenvalue weighted by Gasteiger charge is 2.49. The molecule has 1 aliphatic rings. The molecule has 5 N–H and O–H groups in total. The number of hydrogen-bond acceptors (Lipinski definition) is 8. The van der Waals surface area contributed by atoms with Crippen LogP contribution in [0.25, 0.3) is 11.1 Å². The fourth-order valence-electron chi connectivity index (χ4n) is 4.77. The summed E-state index contributed by atoms with van der Waals surface area (Å²) in [5.74, 6) is -3.56. The number of carbonyl (C=O) groups is 3. The number of amides is 1. The zero-order valence-electron chi connectivity index (χ0n) is 22.1. The largest absolute Gasteiger partial charge is 0.480 e. The van der Waals surface area contributed by atoms with E-state index in [9.17, 15) is 19.5 Å². The van der Waals surface area contributed by atoms with Gasteiger partial charge in [-0.2, -0.15) is 0 Å². The minimum Gasteiger partial charge on any atom is -0.480 e. The molecule has 1 aliphatic carbocycles. The van der Waals surface area contributed by atoms with E-state index in [1.165, 1.54) is 0 Å². The highest BCUT2D eigenvalue weighted by atomic mass is 16.5. The quantitative estimate of drug-likeness (QED) is 0.138. The molecular formula is C29H38N2O8. The Morgan fingerprint density at radius 2 is 1.31 bits per heavy atom. The van der Waals surface area contributed by atoms with Crippen molar-refractivity contribution in [3.8, 4) is 11.1 Å². The molecule has 1 unspecified atom stereocenters. The molecular weight excluding hydrogens is 504 g/mol. The topological polar surface area (TPSA) is 160 Å². The minimum atomic E-state index is -2.09. The minimum absolute atomic E-state index is 0.0512. The van der Waals surface area contributed by atoms with Gasteiger partial charge in [0.2, 0.25) is 5.91 Å². The highest BCUT2D eigenvalue weighted by Crippen LogP contribution is 2.45. The summed E-state index contributed by atoms with van der Waals surface area (Å²) < 4.78 is 21.9. The molecule has 10 heteroatoms. The van der Waals surface area contributed by atoms with Crippen molar-refractivity contribution >= 4 is 17.8 Å². The summed E-state index contributed by atoms with van der Waals surface area (Å²) in [6.07, 6.45) is 0.197. The molecule has 1 amide bonds. The summed E-state index contributed by atoms with van der Waals surface area (Å²) in [4.78, 5) is 37.4. The normalized spacial score (nSPS) is 13.9. The maximum absolute atomic E-state index is 13.3. The fourth-order valence-corrected chi connectivity index (χ4v) is 4.77. The monoisotopic (exact) mass is 542 g/mol. The molecule has 0 saturated carbocycles. The van der Waals surface area contributed by atoms with Crippen molar-refractivity contribution in [1.82, 2.24) is 0 Å². The number of carboxylic acid groups (broad SMARTS) is 1. The number of fused-ring (bicyclic) bond motifs is 3. The van der Waals surface area contributed by atoms with Gasteiger partial charge >= 0.3 is 11.9 Å². The van der Waals surface area contributed by atoms with Crippen molar-refractivity contribution in [2.75, 3.05) is 52.8 Å². The average molecular weight is 543 g/mol. The lowest BCUT2D eigenvalue weighted by molar-refractivity contribution is -0.172. The van der Waals surface area contributed by atoms with Gasteiger partial charge in [-0.3, -0.25) is 14.4 Å². The van der Waals surface area contributed by atoms with E-state index in [1.54, 1.807) is 0 Å². The molecule has 212 valence electrons. The number of primary amides is 1. The Labute approximate surface area is 228 Å². The van der Waals surface area contributed by atoms with Gasteiger partial charge in [0.25, 0.3) is 0 Å². The van der Waals surface area contributed by atoms with Crippen LogP contribution in [-0.2, 0) is 33.3 Å². The predicted octanol–water partition coefficient (Wildman–Crippen LogP) is 2.47. The number of benzene rings is 2. The molecule has 0 fully saturated rings. The third-order valence-electron chi connectivity index (χ3n) is 6.75. The molecule has 0 aliphatic heterocycles. The molecule has 3 rings (SSSR count). The third-order valence-corrected chi connectivity index (χ3v) is 6.75. The Morgan fingerprint density at radius 1 is 0.795 bits per heavy atom. The first-order valence-electron chi connectivity index (χ1n) is 13.2. The molecule has 1 atom stereocenters. The lowest BCUT2D eigenvalue weighted by Gasteiger charge is -2.27. The second kappa shape index (κ2) is 15.3. The van der Waals surface area contributed by atoms with E-state index in [0.29, 0.717) is 39.6 Å². The van der Waals surface area contributed by atoms with Gasteiger partial charge in [0.15, 0.2) is 5.41 Å². The molecule has 2 aromatic carbocycles. The van der Waals surface area contributed by atoms with Crippen molar-refractivity contribution in [2.45, 2.75) is 31.6 Å². The number of rotatable bonds is 19. The van der Waals surface area contributed by atoms with Crippen molar-refractivity contribution in [3.63, 3.8) is 0 Å². The molecule has 10 nitrogen and oxygen atoms in total. The van der Waals surface area contributed by atoms with Gasteiger partial charge in [-0.15, -0.1) is 0 Å². The Balaban J connectivity index is 1.53. The molecule has 2 aromatic rings. The molecule has 0 aromatic heterocycles. The lowest BCUT2D eigenvalue weighted by Crippen LogP contribution is -2.44. The summed E-state index contributed by atoms with van der Waals surface area (Å²) >= 11 is 0. The van der Waals surface area contributed by atoms with E-state index in [2.05, 4.69) is 0 Å². The zero-order chi connectivity index (χ0) is 28.1. The molecule has 0 bridgehead atoms. The summed E-state index contributed by atoms with van der Waals surface area (Å²) in [6.45, 7) is 2.84. The van der Waals surface area contributed by atoms with Crippen LogP contribution in [0.15, 0.2) is 48.5 Å². The van der Waals surface area contributed by atoms with Crippen molar-refractivity contribution in [3.05, 3.63) is 59.7 Å². The smallest absolute Gasteiger partial charge is 0.324 e. The molecule has 0 radical (unpaired) electrons. The Bertz CT molecular complexity index is 1060. The summed E-state index contributed by atoms with van der Waals surface area (Å²) in [6, 6.07) is 15.7. The van der Waals surface area contributed by atoms with E-state index in [1.807, 2.05) is 48.5 Å². The van der Waals surface area contributed by atoms with Gasteiger partial charge in [-0.05, 0) is 48.1 Å². The molecule has 39 heavy (non-hydrogen) atoms. The third kappa shape index (κ3) is 8.09. The van der Waals surface area contributed by atoms with Gasteiger partial charge in [0, 0.05) is 19.1 Å². The predicted molar refractivity (Wildman–Crippen MR) is 144 cm³/mol. The molecule has 0 saturated heterocycles. The second-order valence-electron chi connectivity index (χ2n) is 9.44.